The van der Waals surface area contributed by atoms with Gasteiger partial charge in [-0.15, -0.1) is 0 Å². The number of nitrogens with one attached hydrogen (secondary N) is 2. The number of amides is 1. The first kappa shape index (κ1) is 16.4. The molecule has 0 spiro atoms. The van der Waals surface area contributed by atoms with Crippen molar-refractivity contribution in [2.75, 3.05) is 32.1 Å². The Labute approximate surface area is 121 Å². The molecule has 5 heteroatoms. The summed E-state index contributed by atoms with van der Waals surface area (Å²) >= 11 is 0. The zero-order chi connectivity index (χ0) is 15.0. The molecular weight excluding hydrogens is 254 g/mol. The van der Waals surface area contributed by atoms with E-state index in [2.05, 4.69) is 29.5 Å². The Balaban J connectivity index is 2.34. The quantitative estimate of drug-likeness (QED) is 0.716. The first-order valence-corrected chi connectivity index (χ1v) is 7.05. The van der Waals surface area contributed by atoms with E-state index >= 15 is 0 Å². The van der Waals surface area contributed by atoms with Crippen LogP contribution in [0, 0.1) is 12.8 Å². The van der Waals surface area contributed by atoms with Gasteiger partial charge < -0.3 is 15.4 Å². The minimum atomic E-state index is -0.0733. The highest BCUT2D eigenvalue weighted by Gasteiger charge is 2.07. The predicted octanol–water partition coefficient (Wildman–Crippen LogP) is 2.22. The van der Waals surface area contributed by atoms with Crippen LogP contribution in [-0.2, 0) is 4.74 Å². The highest BCUT2D eigenvalue weighted by molar-refractivity contribution is 5.94. The molecule has 112 valence electrons. The standard InChI is InChI=1S/C15H25N3O2/c1-11(2)10-20-7-5-6-17-15(19)13-8-12(3)18-14(9-13)16-4/h8-9,11H,5-7,10H2,1-4H3,(H,16,18)(H,17,19). The Bertz CT molecular complexity index is 433. The average molecular weight is 279 g/mol. The van der Waals surface area contributed by atoms with Crippen LogP contribution in [0.25, 0.3) is 0 Å². The van der Waals surface area contributed by atoms with Gasteiger partial charge in [-0.2, -0.15) is 0 Å². The van der Waals surface area contributed by atoms with Crippen LogP contribution in [0.1, 0.15) is 36.3 Å². The second kappa shape index (κ2) is 8.53. The number of hydrogen-bond acceptors (Lipinski definition) is 4. The molecule has 20 heavy (non-hydrogen) atoms. The Morgan fingerprint density at radius 2 is 2.15 bits per heavy atom. The molecule has 0 atom stereocenters. The molecule has 1 rings (SSSR count). The second-order valence-corrected chi connectivity index (χ2v) is 5.21. The maximum atomic E-state index is 12.0. The molecule has 0 aliphatic rings. The zero-order valence-electron chi connectivity index (χ0n) is 12.8. The van der Waals surface area contributed by atoms with Gasteiger partial charge in [0.1, 0.15) is 5.82 Å². The number of carbonyl (C=O) groups is 1. The lowest BCUT2D eigenvalue weighted by molar-refractivity contribution is 0.0925. The molecule has 1 amide bonds. The van der Waals surface area contributed by atoms with E-state index in [1.165, 1.54) is 0 Å². The van der Waals surface area contributed by atoms with Crippen LogP contribution in [0.4, 0.5) is 5.82 Å². The first-order chi connectivity index (χ1) is 9.52. The number of ether oxygens (including phenoxy) is 1. The van der Waals surface area contributed by atoms with Crippen molar-refractivity contribution < 1.29 is 9.53 Å². The van der Waals surface area contributed by atoms with Gasteiger partial charge in [0.05, 0.1) is 0 Å². The van der Waals surface area contributed by atoms with Gasteiger partial charge in [-0.1, -0.05) is 13.8 Å². The highest BCUT2D eigenvalue weighted by atomic mass is 16.5. The molecule has 0 saturated heterocycles. The summed E-state index contributed by atoms with van der Waals surface area (Å²) in [5, 5.41) is 5.84. The SMILES string of the molecule is CNc1cc(C(=O)NCCCOCC(C)C)cc(C)n1. The van der Waals surface area contributed by atoms with Gasteiger partial charge >= 0.3 is 0 Å². The third-order valence-electron chi connectivity index (χ3n) is 2.67. The summed E-state index contributed by atoms with van der Waals surface area (Å²) in [5.74, 6) is 1.18. The molecule has 1 aromatic heterocycles. The summed E-state index contributed by atoms with van der Waals surface area (Å²) in [5.41, 5.74) is 1.45. The number of carbonyl (C=O) groups excluding carboxylic acids is 1. The molecule has 2 N–H and O–H groups in total. The maximum Gasteiger partial charge on any atom is 0.251 e. The monoisotopic (exact) mass is 279 g/mol. The molecule has 0 unspecified atom stereocenters. The van der Waals surface area contributed by atoms with Gasteiger partial charge in [-0.3, -0.25) is 4.79 Å². The van der Waals surface area contributed by atoms with Crippen LogP contribution in [0.3, 0.4) is 0 Å². The minimum absolute atomic E-state index is 0.0733. The van der Waals surface area contributed by atoms with Gasteiger partial charge in [0.2, 0.25) is 0 Å². The molecule has 0 aromatic carbocycles. The van der Waals surface area contributed by atoms with Gasteiger partial charge in [-0.05, 0) is 31.4 Å². The van der Waals surface area contributed by atoms with E-state index in [0.29, 0.717) is 30.5 Å². The lowest BCUT2D eigenvalue weighted by Crippen LogP contribution is -2.25. The molecular formula is C15H25N3O2. The van der Waals surface area contributed by atoms with E-state index in [4.69, 9.17) is 4.74 Å². The number of aryl methyl sites for hydroxylation is 1. The zero-order valence-corrected chi connectivity index (χ0v) is 12.8. The van der Waals surface area contributed by atoms with Crippen molar-refractivity contribution in [1.82, 2.24) is 10.3 Å². The molecule has 0 aliphatic heterocycles. The molecule has 0 bridgehead atoms. The van der Waals surface area contributed by atoms with Gasteiger partial charge in [0, 0.05) is 38.1 Å². The van der Waals surface area contributed by atoms with Crippen molar-refractivity contribution in [2.45, 2.75) is 27.2 Å². The largest absolute Gasteiger partial charge is 0.381 e. The van der Waals surface area contributed by atoms with Crippen LogP contribution in [-0.4, -0.2) is 37.7 Å². The summed E-state index contributed by atoms with van der Waals surface area (Å²) in [7, 11) is 1.79. The smallest absolute Gasteiger partial charge is 0.251 e. The normalized spacial score (nSPS) is 10.7. The van der Waals surface area contributed by atoms with E-state index in [0.717, 1.165) is 18.7 Å². The first-order valence-electron chi connectivity index (χ1n) is 7.05. The second-order valence-electron chi connectivity index (χ2n) is 5.21. The van der Waals surface area contributed by atoms with Crippen molar-refractivity contribution in [3.63, 3.8) is 0 Å². The number of nitrogens with zero attached hydrogens (tertiary/aromatic N) is 1. The molecule has 1 aromatic rings. The number of rotatable bonds is 8. The minimum Gasteiger partial charge on any atom is -0.381 e. The van der Waals surface area contributed by atoms with E-state index in [1.54, 1.807) is 19.2 Å². The number of aromatic nitrogens is 1. The lowest BCUT2D eigenvalue weighted by atomic mass is 10.2. The lowest BCUT2D eigenvalue weighted by Gasteiger charge is -2.09. The number of pyridine rings is 1. The molecule has 1 heterocycles. The Kier molecular flexibility index (Phi) is 7.01. The third-order valence-corrected chi connectivity index (χ3v) is 2.67. The number of hydrogen-bond donors (Lipinski definition) is 2. The van der Waals surface area contributed by atoms with E-state index in [1.807, 2.05) is 6.92 Å². The molecule has 0 saturated carbocycles. The fourth-order valence-corrected chi connectivity index (χ4v) is 1.72. The topological polar surface area (TPSA) is 63.2 Å². The van der Waals surface area contributed by atoms with E-state index in [9.17, 15) is 4.79 Å². The summed E-state index contributed by atoms with van der Waals surface area (Å²) in [6.45, 7) is 8.17. The van der Waals surface area contributed by atoms with Gasteiger partial charge in [0.15, 0.2) is 0 Å². The summed E-state index contributed by atoms with van der Waals surface area (Å²) in [6.07, 6.45) is 0.821. The molecule has 0 fully saturated rings. The Morgan fingerprint density at radius 1 is 1.40 bits per heavy atom. The van der Waals surface area contributed by atoms with Gasteiger partial charge in [0.25, 0.3) is 5.91 Å². The van der Waals surface area contributed by atoms with Crippen molar-refractivity contribution >= 4 is 11.7 Å². The van der Waals surface area contributed by atoms with Crippen LogP contribution in [0.5, 0.6) is 0 Å². The van der Waals surface area contributed by atoms with Crippen molar-refractivity contribution in [3.8, 4) is 0 Å². The highest BCUT2D eigenvalue weighted by Crippen LogP contribution is 2.09. The molecule has 5 nitrogen and oxygen atoms in total. The van der Waals surface area contributed by atoms with Crippen LogP contribution >= 0.6 is 0 Å². The van der Waals surface area contributed by atoms with Crippen LogP contribution < -0.4 is 10.6 Å². The van der Waals surface area contributed by atoms with Crippen molar-refractivity contribution in [1.29, 1.82) is 0 Å². The Morgan fingerprint density at radius 3 is 2.80 bits per heavy atom. The fourth-order valence-electron chi connectivity index (χ4n) is 1.72. The maximum absolute atomic E-state index is 12.0. The summed E-state index contributed by atoms with van der Waals surface area (Å²) < 4.78 is 5.47. The Hall–Kier alpha value is -1.62. The van der Waals surface area contributed by atoms with E-state index in [-0.39, 0.29) is 5.91 Å². The van der Waals surface area contributed by atoms with Crippen LogP contribution in [0.15, 0.2) is 12.1 Å². The third kappa shape index (κ3) is 6.02. The van der Waals surface area contributed by atoms with Crippen molar-refractivity contribution in [2.24, 2.45) is 5.92 Å². The summed E-state index contributed by atoms with van der Waals surface area (Å²) in [4.78, 5) is 16.3. The predicted molar refractivity (Wildman–Crippen MR) is 81.1 cm³/mol. The summed E-state index contributed by atoms with van der Waals surface area (Å²) in [6, 6.07) is 3.53. The van der Waals surface area contributed by atoms with Crippen molar-refractivity contribution in [3.05, 3.63) is 23.4 Å². The molecule has 0 aliphatic carbocycles. The van der Waals surface area contributed by atoms with Crippen LogP contribution in [0.2, 0.25) is 0 Å². The van der Waals surface area contributed by atoms with E-state index < -0.39 is 0 Å². The fraction of sp³-hybridized carbons (Fsp3) is 0.600. The average Bonchev–Trinajstić information content (AvgIpc) is 2.41. The number of anilines is 1. The van der Waals surface area contributed by atoms with Gasteiger partial charge in [-0.25, -0.2) is 4.98 Å². The molecule has 0 radical (unpaired) electrons.